The number of hydrogen-bond donors (Lipinski definition) is 1. The molecule has 96 valence electrons. The molecule has 0 aromatic carbocycles. The summed E-state index contributed by atoms with van der Waals surface area (Å²) in [7, 11) is 2.09. The highest BCUT2D eigenvalue weighted by atomic mass is 32.2. The minimum atomic E-state index is 0.417. The summed E-state index contributed by atoms with van der Waals surface area (Å²) >= 11 is 2.11. The summed E-state index contributed by atoms with van der Waals surface area (Å²) in [4.78, 5) is 4.53. The lowest BCUT2D eigenvalue weighted by Crippen LogP contribution is -2.34. The van der Waals surface area contributed by atoms with Crippen LogP contribution in [0.5, 0.6) is 0 Å². The first-order chi connectivity index (χ1) is 8.33. The number of thioether (sulfide) groups is 1. The summed E-state index contributed by atoms with van der Waals surface area (Å²) in [6.45, 7) is 3.30. The molecule has 0 radical (unpaired) electrons. The molecule has 2 atom stereocenters. The van der Waals surface area contributed by atoms with Crippen molar-refractivity contribution in [2.75, 3.05) is 12.3 Å². The summed E-state index contributed by atoms with van der Waals surface area (Å²) < 4.78 is 2.16. The summed E-state index contributed by atoms with van der Waals surface area (Å²) in [5.41, 5.74) is 0. The lowest BCUT2D eigenvalue weighted by molar-refractivity contribution is 0.451. The van der Waals surface area contributed by atoms with Crippen molar-refractivity contribution < 1.29 is 0 Å². The molecule has 1 N–H and O–H groups in total. The molecule has 2 rings (SSSR count). The number of aromatic nitrogens is 2. The Bertz CT molecular complexity index is 331. The van der Waals surface area contributed by atoms with Crippen LogP contribution in [0.4, 0.5) is 0 Å². The molecule has 1 saturated heterocycles. The van der Waals surface area contributed by atoms with Crippen LogP contribution < -0.4 is 5.32 Å². The van der Waals surface area contributed by atoms with E-state index in [1.165, 1.54) is 37.3 Å². The molecule has 2 heterocycles. The predicted molar refractivity (Wildman–Crippen MR) is 74.3 cm³/mol. The Labute approximate surface area is 108 Å². The molecular weight excluding hydrogens is 230 g/mol. The van der Waals surface area contributed by atoms with Gasteiger partial charge < -0.3 is 9.88 Å². The molecule has 0 amide bonds. The molecule has 3 nitrogen and oxygen atoms in total. The van der Waals surface area contributed by atoms with E-state index < -0.39 is 0 Å². The molecule has 1 aromatic rings. The van der Waals surface area contributed by atoms with Crippen molar-refractivity contribution in [2.45, 2.75) is 43.9 Å². The van der Waals surface area contributed by atoms with E-state index in [9.17, 15) is 0 Å². The van der Waals surface area contributed by atoms with Crippen molar-refractivity contribution in [3.63, 3.8) is 0 Å². The Hall–Kier alpha value is -0.480. The number of imidazole rings is 1. The van der Waals surface area contributed by atoms with E-state index >= 15 is 0 Å². The lowest BCUT2D eigenvalue weighted by Gasteiger charge is -2.30. The first-order valence-corrected chi connectivity index (χ1v) is 7.70. The van der Waals surface area contributed by atoms with Crippen molar-refractivity contribution >= 4 is 11.8 Å². The van der Waals surface area contributed by atoms with Gasteiger partial charge in [0.1, 0.15) is 5.82 Å². The molecule has 0 aliphatic carbocycles. The van der Waals surface area contributed by atoms with Crippen LogP contribution in [0.1, 0.15) is 44.5 Å². The first-order valence-electron chi connectivity index (χ1n) is 6.65. The van der Waals surface area contributed by atoms with E-state index in [1.807, 2.05) is 12.4 Å². The second-order valence-corrected chi connectivity index (χ2v) is 6.08. The molecule has 1 aromatic heterocycles. The van der Waals surface area contributed by atoms with E-state index in [0.717, 1.165) is 6.54 Å². The normalized spacial score (nSPS) is 22.6. The van der Waals surface area contributed by atoms with Gasteiger partial charge >= 0.3 is 0 Å². The fraction of sp³-hybridized carbons (Fsp3) is 0.769. The third kappa shape index (κ3) is 3.26. The van der Waals surface area contributed by atoms with E-state index in [4.69, 9.17) is 0 Å². The lowest BCUT2D eigenvalue weighted by atomic mass is 10.1. The van der Waals surface area contributed by atoms with Gasteiger partial charge in [0, 0.05) is 24.7 Å². The van der Waals surface area contributed by atoms with E-state index in [2.05, 4.69) is 40.6 Å². The van der Waals surface area contributed by atoms with Gasteiger partial charge in [0.25, 0.3) is 0 Å². The third-order valence-electron chi connectivity index (χ3n) is 3.34. The van der Waals surface area contributed by atoms with E-state index in [-0.39, 0.29) is 0 Å². The second-order valence-electron chi connectivity index (χ2n) is 4.73. The van der Waals surface area contributed by atoms with Crippen LogP contribution in [-0.2, 0) is 7.05 Å². The van der Waals surface area contributed by atoms with Crippen molar-refractivity contribution in [2.24, 2.45) is 7.05 Å². The quantitative estimate of drug-likeness (QED) is 0.875. The molecule has 4 heteroatoms. The Morgan fingerprint density at radius 3 is 3.06 bits per heavy atom. The number of aryl methyl sites for hydroxylation is 1. The fourth-order valence-corrected chi connectivity index (χ4v) is 3.81. The van der Waals surface area contributed by atoms with Crippen molar-refractivity contribution in [1.29, 1.82) is 0 Å². The van der Waals surface area contributed by atoms with E-state index in [1.54, 1.807) is 0 Å². The Morgan fingerprint density at radius 2 is 2.47 bits per heavy atom. The van der Waals surface area contributed by atoms with Crippen molar-refractivity contribution in [3.8, 4) is 0 Å². The van der Waals surface area contributed by atoms with Gasteiger partial charge in [0.15, 0.2) is 0 Å². The average molecular weight is 253 g/mol. The highest BCUT2D eigenvalue weighted by Gasteiger charge is 2.27. The maximum absolute atomic E-state index is 4.53. The van der Waals surface area contributed by atoms with Gasteiger partial charge in [0.2, 0.25) is 0 Å². The monoisotopic (exact) mass is 253 g/mol. The summed E-state index contributed by atoms with van der Waals surface area (Å²) in [6, 6.07) is 0.417. The zero-order chi connectivity index (χ0) is 12.1. The van der Waals surface area contributed by atoms with Crippen molar-refractivity contribution in [3.05, 3.63) is 18.2 Å². The predicted octanol–water partition coefficient (Wildman–Crippen LogP) is 2.75. The number of hydrogen-bond acceptors (Lipinski definition) is 3. The van der Waals surface area contributed by atoms with E-state index in [0.29, 0.717) is 11.3 Å². The largest absolute Gasteiger partial charge is 0.337 e. The number of nitrogens with one attached hydrogen (secondary N) is 1. The number of nitrogens with zero attached hydrogens (tertiary/aromatic N) is 2. The van der Waals surface area contributed by atoms with Gasteiger partial charge in [0.05, 0.1) is 6.04 Å². The highest BCUT2D eigenvalue weighted by Crippen LogP contribution is 2.34. The SMILES string of the molecule is CCCNC(c1nccn1C)C1CCCCS1. The molecule has 1 aliphatic rings. The fourth-order valence-electron chi connectivity index (χ4n) is 2.39. The van der Waals surface area contributed by atoms with Crippen LogP contribution >= 0.6 is 11.8 Å². The second kappa shape index (κ2) is 6.45. The van der Waals surface area contributed by atoms with Crippen LogP contribution in [0.25, 0.3) is 0 Å². The van der Waals surface area contributed by atoms with Crippen LogP contribution in [0.15, 0.2) is 12.4 Å². The van der Waals surface area contributed by atoms with Crippen LogP contribution in [0, 0.1) is 0 Å². The molecule has 17 heavy (non-hydrogen) atoms. The van der Waals surface area contributed by atoms with Crippen LogP contribution in [0.3, 0.4) is 0 Å². The molecule has 0 bridgehead atoms. The zero-order valence-corrected chi connectivity index (χ0v) is 11.7. The molecule has 0 saturated carbocycles. The minimum Gasteiger partial charge on any atom is -0.337 e. The Kier molecular flexibility index (Phi) is 4.92. The van der Waals surface area contributed by atoms with Gasteiger partial charge in [-0.1, -0.05) is 13.3 Å². The van der Waals surface area contributed by atoms with Crippen LogP contribution in [-0.4, -0.2) is 27.1 Å². The van der Waals surface area contributed by atoms with Gasteiger partial charge in [-0.2, -0.15) is 11.8 Å². The van der Waals surface area contributed by atoms with Gasteiger partial charge in [-0.15, -0.1) is 0 Å². The van der Waals surface area contributed by atoms with Gasteiger partial charge in [-0.05, 0) is 31.6 Å². The molecule has 1 aliphatic heterocycles. The summed E-state index contributed by atoms with van der Waals surface area (Å²) in [5.74, 6) is 2.50. The molecule has 0 spiro atoms. The third-order valence-corrected chi connectivity index (χ3v) is 4.80. The standard InChI is InChI=1S/C13H23N3S/c1-3-7-14-12(11-6-4-5-10-17-11)13-15-8-9-16(13)2/h8-9,11-12,14H,3-7,10H2,1-2H3. The first kappa shape index (κ1) is 13.0. The van der Waals surface area contributed by atoms with Crippen LogP contribution in [0.2, 0.25) is 0 Å². The topological polar surface area (TPSA) is 29.9 Å². The zero-order valence-electron chi connectivity index (χ0n) is 10.9. The maximum atomic E-state index is 4.53. The molecule has 2 unspecified atom stereocenters. The van der Waals surface area contributed by atoms with Gasteiger partial charge in [-0.3, -0.25) is 0 Å². The summed E-state index contributed by atoms with van der Waals surface area (Å²) in [5, 5.41) is 4.37. The minimum absolute atomic E-state index is 0.417. The average Bonchev–Trinajstić information content (AvgIpc) is 2.78. The Balaban J connectivity index is 2.09. The maximum Gasteiger partial charge on any atom is 0.126 e. The smallest absolute Gasteiger partial charge is 0.126 e. The van der Waals surface area contributed by atoms with Crippen molar-refractivity contribution in [1.82, 2.24) is 14.9 Å². The molecular formula is C13H23N3S. The summed E-state index contributed by atoms with van der Waals surface area (Å²) in [6.07, 6.45) is 9.19. The number of rotatable bonds is 5. The Morgan fingerprint density at radius 1 is 1.59 bits per heavy atom. The highest BCUT2D eigenvalue weighted by molar-refractivity contribution is 8.00. The van der Waals surface area contributed by atoms with Gasteiger partial charge in [-0.25, -0.2) is 4.98 Å². The molecule has 1 fully saturated rings.